The summed E-state index contributed by atoms with van der Waals surface area (Å²) in [4.78, 5) is 53.0. The second-order valence-corrected chi connectivity index (χ2v) is 15.5. The van der Waals surface area contributed by atoms with Crippen LogP contribution in [0.2, 0.25) is 0 Å². The molecule has 12 nitrogen and oxygen atoms in total. The number of rotatable bonds is 14. The summed E-state index contributed by atoms with van der Waals surface area (Å²) < 4.78 is 23.1. The average Bonchev–Trinajstić information content (AvgIpc) is 3.27. The lowest BCUT2D eigenvalue weighted by molar-refractivity contribution is -0.142. The number of carbonyl (C=O) groups is 4. The largest absolute Gasteiger partial charge is 0.507 e. The molecular formula is C50H54N2O10. The first-order valence-corrected chi connectivity index (χ1v) is 21.0. The molecule has 6 rings (SSSR count). The third-order valence-corrected chi connectivity index (χ3v) is 10.7. The van der Waals surface area contributed by atoms with Gasteiger partial charge in [0.05, 0.1) is 26.4 Å². The van der Waals surface area contributed by atoms with Gasteiger partial charge in [0, 0.05) is 36.8 Å². The van der Waals surface area contributed by atoms with Crippen molar-refractivity contribution in [2.24, 2.45) is 0 Å². The van der Waals surface area contributed by atoms with Crippen LogP contribution in [0.15, 0.2) is 91.0 Å². The van der Waals surface area contributed by atoms with Crippen LogP contribution >= 0.6 is 0 Å². The number of hydrogen-bond donors (Lipinski definition) is 4. The van der Waals surface area contributed by atoms with E-state index in [1.165, 1.54) is 14.0 Å². The first-order valence-electron chi connectivity index (χ1n) is 21.0. The molecule has 12 heteroatoms. The van der Waals surface area contributed by atoms with Crippen LogP contribution in [0, 0.1) is 0 Å². The van der Waals surface area contributed by atoms with Crippen LogP contribution in [0.5, 0.6) is 23.0 Å². The Morgan fingerprint density at radius 1 is 0.597 bits per heavy atom. The lowest BCUT2D eigenvalue weighted by atomic mass is 9.89. The molecule has 0 saturated heterocycles. The van der Waals surface area contributed by atoms with Crippen LogP contribution in [-0.4, -0.2) is 66.4 Å². The molecule has 324 valence electrons. The molecule has 1 aliphatic rings. The molecule has 0 aliphatic heterocycles. The molecule has 4 N–H and O–H groups in total. The zero-order chi connectivity index (χ0) is 44.3. The summed E-state index contributed by atoms with van der Waals surface area (Å²) in [5, 5.41) is 29.4. The second-order valence-electron chi connectivity index (χ2n) is 15.5. The molecule has 0 fully saturated rings. The molecule has 8 bridgehead atoms. The smallest absolute Gasteiger partial charge is 0.408 e. The number of esters is 1. The number of benzene rings is 5. The van der Waals surface area contributed by atoms with E-state index in [0.29, 0.717) is 59.8 Å². The number of methoxy groups -OCH3 is 1. The van der Waals surface area contributed by atoms with Crippen molar-refractivity contribution in [3.63, 3.8) is 0 Å². The van der Waals surface area contributed by atoms with Gasteiger partial charge in [-0.1, -0.05) is 80.6 Å². The van der Waals surface area contributed by atoms with Crippen LogP contribution in [0.3, 0.4) is 0 Å². The summed E-state index contributed by atoms with van der Waals surface area (Å²) in [6.07, 6.45) is 1.33. The van der Waals surface area contributed by atoms with Gasteiger partial charge < -0.3 is 39.8 Å². The number of fused-ring (bicyclic) bond motifs is 8. The van der Waals surface area contributed by atoms with E-state index in [1.54, 1.807) is 31.2 Å². The number of carbonyl (C=O) groups excluding carboxylic acids is 4. The fraction of sp³-hybridized carbons (Fsp3) is 0.320. The standard InChI is InChI=1S/C50H54N2O10/c1-6-19-60-46-33-15-11-17-35(46)23-40-27-42(48(56)51-31(4)49(57)59-5)28-41(45(40)55)24-36-18-12-16-34(47(36)61-20-7-2)22-39-26-37(25-38(21-33)44(39)54)43(53)30(3)52-50(58)62-29-32-13-9-8-10-14-32/h8-18,25-28,30-31,54-55H,6-7,19-24,29H2,1-5H3,(H,51,56)(H,52,58)/t30-,31-/m0/s1. The van der Waals surface area contributed by atoms with Crippen LogP contribution in [0.1, 0.15) is 111 Å². The molecule has 2 amide bonds. The van der Waals surface area contributed by atoms with E-state index in [0.717, 1.165) is 27.8 Å². The Morgan fingerprint density at radius 2 is 1.05 bits per heavy atom. The van der Waals surface area contributed by atoms with Crippen molar-refractivity contribution in [3.8, 4) is 23.0 Å². The minimum absolute atomic E-state index is 0.00560. The highest BCUT2D eigenvalue weighted by Gasteiger charge is 2.26. The SMILES string of the molecule is CCCOc1c2cccc1Cc1cc(C(=O)[C@H](C)NC(=O)OCc3ccccc3)cc(c1O)Cc1cccc(c1OCCC)Cc1cc(C(=O)N[C@@H](C)C(=O)OC)cc(c1O)C2. The van der Waals surface area contributed by atoms with E-state index in [2.05, 4.69) is 10.6 Å². The number of ketones is 1. The normalized spacial score (nSPS) is 12.9. The third kappa shape index (κ3) is 10.7. The molecule has 5 aromatic carbocycles. The topological polar surface area (TPSA) is 170 Å². The number of phenols is 2. The van der Waals surface area contributed by atoms with E-state index in [1.807, 2.05) is 80.6 Å². The Morgan fingerprint density at radius 3 is 1.48 bits per heavy atom. The number of aromatic hydroxyl groups is 2. The first-order chi connectivity index (χ1) is 29.9. The predicted molar refractivity (Wildman–Crippen MR) is 234 cm³/mol. The number of phenolic OH excluding ortho intramolecular Hbond substituents is 2. The molecule has 0 saturated carbocycles. The van der Waals surface area contributed by atoms with E-state index < -0.39 is 30.1 Å². The maximum absolute atomic E-state index is 14.2. The molecule has 2 atom stereocenters. The van der Waals surface area contributed by atoms with Crippen molar-refractivity contribution >= 4 is 23.8 Å². The Kier molecular flexibility index (Phi) is 14.9. The van der Waals surface area contributed by atoms with Crippen molar-refractivity contribution in [1.82, 2.24) is 10.6 Å². The van der Waals surface area contributed by atoms with Gasteiger partial charge in [0.2, 0.25) is 0 Å². The number of Topliss-reactive ketones (excluding diaryl/α,β-unsaturated/α-hetero) is 1. The fourth-order valence-corrected chi connectivity index (χ4v) is 7.54. The highest BCUT2D eigenvalue weighted by atomic mass is 16.5. The summed E-state index contributed by atoms with van der Waals surface area (Å²) in [6, 6.07) is 25.2. The molecular weight excluding hydrogens is 789 g/mol. The van der Waals surface area contributed by atoms with E-state index in [-0.39, 0.29) is 60.7 Å². The highest BCUT2D eigenvalue weighted by molar-refractivity contribution is 6.02. The van der Waals surface area contributed by atoms with Gasteiger partial charge in [-0.2, -0.15) is 0 Å². The van der Waals surface area contributed by atoms with Crippen LogP contribution in [0.25, 0.3) is 0 Å². The maximum Gasteiger partial charge on any atom is 0.408 e. The minimum Gasteiger partial charge on any atom is -0.507 e. The van der Waals surface area contributed by atoms with Crippen molar-refractivity contribution in [2.45, 2.75) is 84.9 Å². The Bertz CT molecular complexity index is 2320. The fourth-order valence-electron chi connectivity index (χ4n) is 7.54. The quantitative estimate of drug-likeness (QED) is 0.0620. The molecule has 0 heterocycles. The molecule has 0 aromatic heterocycles. The zero-order valence-corrected chi connectivity index (χ0v) is 35.8. The average molecular weight is 843 g/mol. The van der Waals surface area contributed by atoms with Gasteiger partial charge in [0.25, 0.3) is 5.91 Å². The molecule has 5 aromatic rings. The van der Waals surface area contributed by atoms with Crippen LogP contribution in [-0.2, 0) is 46.6 Å². The summed E-state index contributed by atoms with van der Waals surface area (Å²) in [7, 11) is 1.25. The van der Waals surface area contributed by atoms with Crippen molar-refractivity contribution < 1.29 is 48.3 Å². The lowest BCUT2D eigenvalue weighted by Crippen LogP contribution is -2.39. The number of alkyl carbamates (subject to hydrolysis) is 1. The molecule has 1 aliphatic carbocycles. The number of ether oxygens (including phenoxy) is 4. The van der Waals surface area contributed by atoms with Crippen molar-refractivity contribution in [2.75, 3.05) is 20.3 Å². The van der Waals surface area contributed by atoms with E-state index in [9.17, 15) is 29.4 Å². The van der Waals surface area contributed by atoms with Gasteiger partial charge in [-0.15, -0.1) is 0 Å². The van der Waals surface area contributed by atoms with Gasteiger partial charge in [-0.05, 0) is 101 Å². The van der Waals surface area contributed by atoms with Crippen LogP contribution in [0.4, 0.5) is 4.79 Å². The molecule has 0 radical (unpaired) electrons. The van der Waals surface area contributed by atoms with E-state index >= 15 is 0 Å². The summed E-state index contributed by atoms with van der Waals surface area (Å²) in [6.45, 7) is 7.91. The Balaban J connectivity index is 1.47. The van der Waals surface area contributed by atoms with Gasteiger partial charge in [0.15, 0.2) is 5.78 Å². The number of hydrogen-bond acceptors (Lipinski definition) is 10. The second kappa shape index (κ2) is 20.6. The molecule has 62 heavy (non-hydrogen) atoms. The van der Waals surface area contributed by atoms with Gasteiger partial charge in [-0.25, -0.2) is 9.59 Å². The Labute approximate surface area is 362 Å². The number of amides is 2. The highest BCUT2D eigenvalue weighted by Crippen LogP contribution is 2.39. The predicted octanol–water partition coefficient (Wildman–Crippen LogP) is 8.14. The monoisotopic (exact) mass is 842 g/mol. The first kappa shape index (κ1) is 44.7. The van der Waals surface area contributed by atoms with E-state index in [4.69, 9.17) is 18.9 Å². The number of para-hydroxylation sites is 2. The zero-order valence-electron chi connectivity index (χ0n) is 35.8. The third-order valence-electron chi connectivity index (χ3n) is 10.7. The number of nitrogens with one attached hydrogen (secondary N) is 2. The van der Waals surface area contributed by atoms with Crippen molar-refractivity contribution in [3.05, 3.63) is 152 Å². The molecule has 0 spiro atoms. The van der Waals surface area contributed by atoms with Gasteiger partial charge in [-0.3, -0.25) is 9.59 Å². The Hall–Kier alpha value is -6.82. The summed E-state index contributed by atoms with van der Waals surface area (Å²) >= 11 is 0. The molecule has 0 unspecified atom stereocenters. The maximum atomic E-state index is 14.2. The van der Waals surface area contributed by atoms with Crippen LogP contribution < -0.4 is 20.1 Å². The van der Waals surface area contributed by atoms with Crippen molar-refractivity contribution in [1.29, 1.82) is 0 Å². The summed E-state index contributed by atoms with van der Waals surface area (Å²) in [5.74, 6) is -0.375. The summed E-state index contributed by atoms with van der Waals surface area (Å²) in [5.41, 5.74) is 6.06. The lowest BCUT2D eigenvalue weighted by Gasteiger charge is -2.22. The van der Waals surface area contributed by atoms with Gasteiger partial charge in [0.1, 0.15) is 35.6 Å². The minimum atomic E-state index is -0.961. The van der Waals surface area contributed by atoms with Gasteiger partial charge >= 0.3 is 12.1 Å².